The molecule has 11 heavy (non-hydrogen) atoms. The zero-order chi connectivity index (χ0) is 9.12. The van der Waals surface area contributed by atoms with E-state index < -0.39 is 5.60 Å². The highest BCUT2D eigenvalue weighted by atomic mass is 16.3. The highest BCUT2D eigenvalue weighted by Gasteiger charge is 2.27. The van der Waals surface area contributed by atoms with E-state index >= 15 is 0 Å². The van der Waals surface area contributed by atoms with Gasteiger partial charge in [0, 0.05) is 5.54 Å². The maximum atomic E-state index is 9.71. The first-order chi connectivity index (χ1) is 4.83. The normalized spacial score (nSPS) is 22.4. The summed E-state index contributed by atoms with van der Waals surface area (Å²) in [6, 6.07) is 0. The van der Waals surface area contributed by atoms with Gasteiger partial charge in [0.1, 0.15) is 0 Å². The lowest BCUT2D eigenvalue weighted by atomic mass is 9.84. The van der Waals surface area contributed by atoms with E-state index in [0.717, 1.165) is 12.8 Å². The van der Waals surface area contributed by atoms with Crippen LogP contribution in [0, 0.1) is 0 Å². The van der Waals surface area contributed by atoms with Crippen LogP contribution in [-0.2, 0) is 0 Å². The van der Waals surface area contributed by atoms with Crippen molar-refractivity contribution < 1.29 is 5.11 Å². The quantitative estimate of drug-likeness (QED) is 0.655. The molecule has 0 heterocycles. The summed E-state index contributed by atoms with van der Waals surface area (Å²) in [5.74, 6) is 0. The molecule has 0 aliphatic carbocycles. The molecule has 2 nitrogen and oxygen atoms in total. The Morgan fingerprint density at radius 2 is 1.64 bits per heavy atom. The highest BCUT2D eigenvalue weighted by Crippen LogP contribution is 2.23. The minimum atomic E-state index is -0.598. The van der Waals surface area contributed by atoms with Crippen molar-refractivity contribution in [2.45, 2.75) is 58.1 Å². The van der Waals surface area contributed by atoms with Gasteiger partial charge in [-0.15, -0.1) is 0 Å². The summed E-state index contributed by atoms with van der Waals surface area (Å²) in [5, 5.41) is 9.71. The summed E-state index contributed by atoms with van der Waals surface area (Å²) in [5.41, 5.74) is 5.10. The van der Waals surface area contributed by atoms with E-state index in [0.29, 0.717) is 6.42 Å². The fraction of sp³-hybridized carbons (Fsp3) is 1.00. The third-order valence-corrected chi connectivity index (χ3v) is 2.35. The Hall–Kier alpha value is -0.0800. The van der Waals surface area contributed by atoms with Crippen molar-refractivity contribution in [1.29, 1.82) is 0 Å². The van der Waals surface area contributed by atoms with Crippen molar-refractivity contribution in [2.24, 2.45) is 5.73 Å². The molecule has 0 amide bonds. The molecular formula is C9H21NO. The van der Waals surface area contributed by atoms with E-state index in [1.807, 2.05) is 27.7 Å². The van der Waals surface area contributed by atoms with Crippen molar-refractivity contribution in [1.82, 2.24) is 0 Å². The number of hydrogen-bond acceptors (Lipinski definition) is 2. The topological polar surface area (TPSA) is 46.2 Å². The SMILES string of the molecule is CCC(C)(N)CC(C)(O)CC. The molecular weight excluding hydrogens is 138 g/mol. The lowest BCUT2D eigenvalue weighted by Crippen LogP contribution is -2.43. The van der Waals surface area contributed by atoms with Crippen LogP contribution in [-0.4, -0.2) is 16.2 Å². The minimum Gasteiger partial charge on any atom is -0.390 e. The van der Waals surface area contributed by atoms with Crippen molar-refractivity contribution in [3.05, 3.63) is 0 Å². The van der Waals surface area contributed by atoms with Gasteiger partial charge in [-0.05, 0) is 33.1 Å². The molecule has 2 heteroatoms. The van der Waals surface area contributed by atoms with E-state index in [4.69, 9.17) is 5.73 Å². The first kappa shape index (κ1) is 10.9. The first-order valence-electron chi connectivity index (χ1n) is 4.34. The molecule has 2 atom stereocenters. The number of hydrogen-bond donors (Lipinski definition) is 2. The summed E-state index contributed by atoms with van der Waals surface area (Å²) in [4.78, 5) is 0. The third kappa shape index (κ3) is 4.38. The highest BCUT2D eigenvalue weighted by molar-refractivity contribution is 4.86. The molecule has 0 bridgehead atoms. The Morgan fingerprint density at radius 1 is 1.18 bits per heavy atom. The lowest BCUT2D eigenvalue weighted by Gasteiger charge is -2.32. The van der Waals surface area contributed by atoms with Crippen LogP contribution >= 0.6 is 0 Å². The number of nitrogens with two attached hydrogens (primary N) is 1. The summed E-state index contributed by atoms with van der Waals surface area (Å²) in [7, 11) is 0. The molecule has 2 unspecified atom stereocenters. The van der Waals surface area contributed by atoms with Gasteiger partial charge in [-0.3, -0.25) is 0 Å². The Labute approximate surface area is 69.8 Å². The zero-order valence-corrected chi connectivity index (χ0v) is 8.15. The Morgan fingerprint density at radius 3 is 1.91 bits per heavy atom. The molecule has 0 radical (unpaired) electrons. The average Bonchev–Trinajstić information content (AvgIpc) is 1.86. The molecule has 0 aromatic rings. The number of rotatable bonds is 4. The molecule has 0 aliphatic rings. The second-order valence-electron chi connectivity index (χ2n) is 4.03. The van der Waals surface area contributed by atoms with E-state index in [-0.39, 0.29) is 5.54 Å². The van der Waals surface area contributed by atoms with Gasteiger partial charge in [-0.25, -0.2) is 0 Å². The zero-order valence-electron chi connectivity index (χ0n) is 8.15. The summed E-state index contributed by atoms with van der Waals surface area (Å²) >= 11 is 0. The predicted octanol–water partition coefficient (Wildman–Crippen LogP) is 1.66. The monoisotopic (exact) mass is 159 g/mol. The predicted molar refractivity (Wildman–Crippen MR) is 48.4 cm³/mol. The second-order valence-corrected chi connectivity index (χ2v) is 4.03. The van der Waals surface area contributed by atoms with E-state index in [2.05, 4.69) is 0 Å². The summed E-state index contributed by atoms with van der Waals surface area (Å²) in [6.07, 6.45) is 2.34. The number of aliphatic hydroxyl groups is 1. The maximum absolute atomic E-state index is 9.71. The van der Waals surface area contributed by atoms with Crippen LogP contribution < -0.4 is 5.73 Å². The summed E-state index contributed by atoms with van der Waals surface area (Å²) < 4.78 is 0. The molecule has 0 saturated carbocycles. The third-order valence-electron chi connectivity index (χ3n) is 2.35. The van der Waals surface area contributed by atoms with Crippen LogP contribution in [0.25, 0.3) is 0 Å². The average molecular weight is 159 g/mol. The van der Waals surface area contributed by atoms with Gasteiger partial charge in [0.05, 0.1) is 5.60 Å². The van der Waals surface area contributed by atoms with Crippen LogP contribution in [0.2, 0.25) is 0 Å². The maximum Gasteiger partial charge on any atom is 0.0634 e. The van der Waals surface area contributed by atoms with Gasteiger partial charge in [-0.1, -0.05) is 13.8 Å². The first-order valence-corrected chi connectivity index (χ1v) is 4.34. The Kier molecular flexibility index (Phi) is 3.52. The molecule has 0 aromatic heterocycles. The van der Waals surface area contributed by atoms with Gasteiger partial charge >= 0.3 is 0 Å². The van der Waals surface area contributed by atoms with Crippen LogP contribution in [0.4, 0.5) is 0 Å². The van der Waals surface area contributed by atoms with Crippen molar-refractivity contribution >= 4 is 0 Å². The fourth-order valence-corrected chi connectivity index (χ4v) is 1.12. The van der Waals surface area contributed by atoms with Gasteiger partial charge < -0.3 is 10.8 Å². The molecule has 0 rings (SSSR count). The van der Waals surface area contributed by atoms with E-state index in [1.165, 1.54) is 0 Å². The van der Waals surface area contributed by atoms with Crippen LogP contribution in [0.3, 0.4) is 0 Å². The van der Waals surface area contributed by atoms with Gasteiger partial charge in [-0.2, -0.15) is 0 Å². The summed E-state index contributed by atoms with van der Waals surface area (Å²) in [6.45, 7) is 7.85. The van der Waals surface area contributed by atoms with Gasteiger partial charge in [0.25, 0.3) is 0 Å². The Bertz CT molecular complexity index is 105. The van der Waals surface area contributed by atoms with Gasteiger partial charge in [0.15, 0.2) is 0 Å². The molecule has 0 aromatic carbocycles. The molecule has 0 fully saturated rings. The van der Waals surface area contributed by atoms with Crippen LogP contribution in [0.1, 0.15) is 47.0 Å². The van der Waals surface area contributed by atoms with Crippen molar-refractivity contribution in [2.75, 3.05) is 0 Å². The second kappa shape index (κ2) is 3.55. The lowest BCUT2D eigenvalue weighted by molar-refractivity contribution is 0.0257. The smallest absolute Gasteiger partial charge is 0.0634 e. The van der Waals surface area contributed by atoms with Crippen LogP contribution in [0.5, 0.6) is 0 Å². The molecule has 3 N–H and O–H groups in total. The van der Waals surface area contributed by atoms with E-state index in [9.17, 15) is 5.11 Å². The van der Waals surface area contributed by atoms with Gasteiger partial charge in [0.2, 0.25) is 0 Å². The van der Waals surface area contributed by atoms with Crippen LogP contribution in [0.15, 0.2) is 0 Å². The fourth-order valence-electron chi connectivity index (χ4n) is 1.12. The minimum absolute atomic E-state index is 0.223. The molecule has 68 valence electrons. The largest absolute Gasteiger partial charge is 0.390 e. The standard InChI is InChI=1S/C9H21NO/c1-5-8(3,10)7-9(4,11)6-2/h11H,5-7,10H2,1-4H3. The molecule has 0 spiro atoms. The Balaban J connectivity index is 4.02. The molecule has 0 saturated heterocycles. The van der Waals surface area contributed by atoms with Crippen molar-refractivity contribution in [3.63, 3.8) is 0 Å². The van der Waals surface area contributed by atoms with Crippen molar-refractivity contribution in [3.8, 4) is 0 Å². The van der Waals surface area contributed by atoms with E-state index in [1.54, 1.807) is 0 Å². The molecule has 0 aliphatic heterocycles.